The van der Waals surface area contributed by atoms with E-state index < -0.39 is 0 Å². The highest BCUT2D eigenvalue weighted by Crippen LogP contribution is 2.40. The number of nitrogens with zero attached hydrogens (tertiary/aromatic N) is 1. The third kappa shape index (κ3) is 2.68. The molecule has 1 aromatic carbocycles. The molecule has 1 aliphatic heterocycles. The van der Waals surface area contributed by atoms with Crippen LogP contribution in [-0.2, 0) is 0 Å². The molecule has 2 N–H and O–H groups in total. The van der Waals surface area contributed by atoms with Gasteiger partial charge in [-0.1, -0.05) is 31.4 Å². The van der Waals surface area contributed by atoms with Crippen LogP contribution in [0.15, 0.2) is 30.5 Å². The van der Waals surface area contributed by atoms with E-state index in [2.05, 4.69) is 45.7 Å². The van der Waals surface area contributed by atoms with Crippen LogP contribution < -0.4 is 5.32 Å². The van der Waals surface area contributed by atoms with Gasteiger partial charge in [-0.05, 0) is 36.5 Å². The normalized spacial score (nSPS) is 22.9. The summed E-state index contributed by atoms with van der Waals surface area (Å²) in [6.45, 7) is 4.63. The first-order valence-corrected chi connectivity index (χ1v) is 8.94. The van der Waals surface area contributed by atoms with Crippen LogP contribution in [0, 0.1) is 5.92 Å². The number of hydrogen-bond donors (Lipinski definition) is 2. The lowest BCUT2D eigenvalue weighted by Crippen LogP contribution is -2.47. The van der Waals surface area contributed by atoms with Crippen molar-refractivity contribution in [3.8, 4) is 0 Å². The summed E-state index contributed by atoms with van der Waals surface area (Å²) >= 11 is 0. The maximum Gasteiger partial charge on any atom is 0.0457 e. The molecule has 0 spiro atoms. The average molecular weight is 297 g/mol. The van der Waals surface area contributed by atoms with Gasteiger partial charge in [-0.15, -0.1) is 0 Å². The number of rotatable bonds is 3. The van der Waals surface area contributed by atoms with Gasteiger partial charge in [0.25, 0.3) is 0 Å². The highest BCUT2D eigenvalue weighted by atomic mass is 15.2. The molecular weight excluding hydrogens is 270 g/mol. The number of hydrogen-bond acceptors (Lipinski definition) is 2. The van der Waals surface area contributed by atoms with Crippen LogP contribution in [0.2, 0.25) is 0 Å². The van der Waals surface area contributed by atoms with Crippen molar-refractivity contribution in [2.45, 2.75) is 38.1 Å². The van der Waals surface area contributed by atoms with E-state index in [1.807, 2.05) is 0 Å². The first kappa shape index (κ1) is 14.3. The van der Waals surface area contributed by atoms with E-state index >= 15 is 0 Å². The molecule has 2 heterocycles. The Labute approximate surface area is 133 Å². The minimum absolute atomic E-state index is 0.599. The third-order valence-corrected chi connectivity index (χ3v) is 5.59. The molecule has 0 amide bonds. The SMILES string of the molecule is c1cc([C@H](C2CCCCC2)N2CCNCC2)c2cc[nH]c2c1. The number of H-pyrrole nitrogens is 1. The van der Waals surface area contributed by atoms with Gasteiger partial charge in [0.1, 0.15) is 0 Å². The quantitative estimate of drug-likeness (QED) is 0.905. The summed E-state index contributed by atoms with van der Waals surface area (Å²) in [5, 5.41) is 4.94. The molecule has 1 atom stereocenters. The van der Waals surface area contributed by atoms with Crippen molar-refractivity contribution >= 4 is 10.9 Å². The van der Waals surface area contributed by atoms with Gasteiger partial charge in [-0.25, -0.2) is 0 Å². The summed E-state index contributed by atoms with van der Waals surface area (Å²) < 4.78 is 0. The Kier molecular flexibility index (Phi) is 4.17. The summed E-state index contributed by atoms with van der Waals surface area (Å²) in [6.07, 6.45) is 9.14. The monoisotopic (exact) mass is 297 g/mol. The van der Waals surface area contributed by atoms with Gasteiger partial charge in [0.2, 0.25) is 0 Å². The Morgan fingerprint density at radius 2 is 1.82 bits per heavy atom. The van der Waals surface area contributed by atoms with Crippen LogP contribution in [0.25, 0.3) is 10.9 Å². The van der Waals surface area contributed by atoms with Crippen molar-refractivity contribution in [2.75, 3.05) is 26.2 Å². The van der Waals surface area contributed by atoms with Crippen molar-refractivity contribution < 1.29 is 0 Å². The van der Waals surface area contributed by atoms with E-state index in [0.29, 0.717) is 6.04 Å². The molecule has 1 aliphatic carbocycles. The largest absolute Gasteiger partial charge is 0.361 e. The topological polar surface area (TPSA) is 31.1 Å². The van der Waals surface area contributed by atoms with Gasteiger partial charge in [-0.3, -0.25) is 4.90 Å². The van der Waals surface area contributed by atoms with Crippen molar-refractivity contribution in [2.24, 2.45) is 5.92 Å². The fraction of sp³-hybridized carbons (Fsp3) is 0.579. The molecule has 1 aromatic heterocycles. The van der Waals surface area contributed by atoms with Crippen molar-refractivity contribution in [1.29, 1.82) is 0 Å². The fourth-order valence-electron chi connectivity index (χ4n) is 4.53. The van der Waals surface area contributed by atoms with Crippen LogP contribution in [0.3, 0.4) is 0 Å². The highest BCUT2D eigenvalue weighted by Gasteiger charge is 2.31. The standard InChI is InChI=1S/C19H27N3/c1-2-5-15(6-3-1)19(22-13-11-20-12-14-22)17-7-4-8-18-16(17)9-10-21-18/h4,7-10,15,19-21H,1-3,5-6,11-14H2/t19-/m0/s1. The second kappa shape index (κ2) is 6.43. The highest BCUT2D eigenvalue weighted by molar-refractivity contribution is 5.83. The Morgan fingerprint density at radius 3 is 2.64 bits per heavy atom. The van der Waals surface area contributed by atoms with Crippen LogP contribution in [0.4, 0.5) is 0 Å². The maximum atomic E-state index is 3.51. The van der Waals surface area contributed by atoms with Gasteiger partial charge < -0.3 is 10.3 Å². The lowest BCUT2D eigenvalue weighted by molar-refractivity contribution is 0.104. The second-order valence-electron chi connectivity index (χ2n) is 6.92. The second-order valence-corrected chi connectivity index (χ2v) is 6.92. The van der Waals surface area contributed by atoms with Crippen LogP contribution in [-0.4, -0.2) is 36.1 Å². The number of aromatic amines is 1. The van der Waals surface area contributed by atoms with Crippen molar-refractivity contribution in [1.82, 2.24) is 15.2 Å². The number of fused-ring (bicyclic) bond motifs is 1. The Bertz CT molecular complexity index is 588. The lowest BCUT2D eigenvalue weighted by atomic mass is 9.79. The minimum Gasteiger partial charge on any atom is -0.361 e. The molecule has 3 nitrogen and oxygen atoms in total. The summed E-state index contributed by atoms with van der Waals surface area (Å²) in [4.78, 5) is 6.13. The zero-order valence-electron chi connectivity index (χ0n) is 13.4. The minimum atomic E-state index is 0.599. The van der Waals surface area contributed by atoms with E-state index in [0.717, 1.165) is 19.0 Å². The first-order valence-electron chi connectivity index (χ1n) is 8.94. The molecule has 118 valence electrons. The predicted octanol–water partition coefficient (Wildman–Crippen LogP) is 3.69. The molecule has 1 saturated carbocycles. The average Bonchev–Trinajstić information content (AvgIpc) is 3.07. The number of piperazine rings is 1. The molecule has 22 heavy (non-hydrogen) atoms. The molecule has 4 rings (SSSR count). The van der Waals surface area contributed by atoms with E-state index in [1.54, 1.807) is 5.56 Å². The lowest BCUT2D eigenvalue weighted by Gasteiger charge is -2.41. The maximum absolute atomic E-state index is 3.51. The Morgan fingerprint density at radius 1 is 1.00 bits per heavy atom. The summed E-state index contributed by atoms with van der Waals surface area (Å²) in [7, 11) is 0. The molecule has 0 radical (unpaired) electrons. The molecule has 2 aliphatic rings. The Balaban J connectivity index is 1.73. The Hall–Kier alpha value is -1.32. The van der Waals surface area contributed by atoms with Crippen LogP contribution in [0.1, 0.15) is 43.7 Å². The van der Waals surface area contributed by atoms with Gasteiger partial charge in [0.05, 0.1) is 0 Å². The van der Waals surface area contributed by atoms with Gasteiger partial charge in [-0.2, -0.15) is 0 Å². The molecule has 2 fully saturated rings. The summed E-state index contributed by atoms with van der Waals surface area (Å²) in [6, 6.07) is 9.67. The number of aromatic nitrogens is 1. The zero-order chi connectivity index (χ0) is 14.8. The van der Waals surface area contributed by atoms with E-state index in [-0.39, 0.29) is 0 Å². The molecule has 0 unspecified atom stereocenters. The van der Waals surface area contributed by atoms with Crippen LogP contribution >= 0.6 is 0 Å². The molecule has 3 heteroatoms. The molecule has 1 saturated heterocycles. The molecule has 2 aromatic rings. The van der Waals surface area contributed by atoms with Crippen molar-refractivity contribution in [3.63, 3.8) is 0 Å². The fourth-order valence-corrected chi connectivity index (χ4v) is 4.53. The summed E-state index contributed by atoms with van der Waals surface area (Å²) in [5.41, 5.74) is 2.83. The number of benzene rings is 1. The third-order valence-electron chi connectivity index (χ3n) is 5.59. The zero-order valence-corrected chi connectivity index (χ0v) is 13.4. The number of nitrogens with one attached hydrogen (secondary N) is 2. The summed E-state index contributed by atoms with van der Waals surface area (Å²) in [5.74, 6) is 0.826. The van der Waals surface area contributed by atoms with E-state index in [9.17, 15) is 0 Å². The van der Waals surface area contributed by atoms with Crippen molar-refractivity contribution in [3.05, 3.63) is 36.0 Å². The van der Waals surface area contributed by atoms with Gasteiger partial charge >= 0.3 is 0 Å². The van der Waals surface area contributed by atoms with Crippen LogP contribution in [0.5, 0.6) is 0 Å². The first-order chi connectivity index (χ1) is 10.9. The van der Waals surface area contributed by atoms with E-state index in [4.69, 9.17) is 0 Å². The predicted molar refractivity (Wildman–Crippen MR) is 92.1 cm³/mol. The van der Waals surface area contributed by atoms with E-state index in [1.165, 1.54) is 56.1 Å². The van der Waals surface area contributed by atoms with Gasteiger partial charge in [0.15, 0.2) is 0 Å². The molecule has 0 bridgehead atoms. The smallest absolute Gasteiger partial charge is 0.0457 e. The molecular formula is C19H27N3. The van der Waals surface area contributed by atoms with Gasteiger partial charge in [0, 0.05) is 49.3 Å².